The summed E-state index contributed by atoms with van der Waals surface area (Å²) in [6, 6.07) is 3.00. The number of likely N-dealkylation sites (tertiary alicyclic amines) is 1. The van der Waals surface area contributed by atoms with Crippen molar-refractivity contribution in [2.75, 3.05) is 12.3 Å². The van der Waals surface area contributed by atoms with E-state index in [4.69, 9.17) is 16.2 Å². The Balaban J connectivity index is 1.70. The Kier molecular flexibility index (Phi) is 5.66. The predicted octanol–water partition coefficient (Wildman–Crippen LogP) is 1.71. The van der Waals surface area contributed by atoms with E-state index < -0.39 is 34.9 Å². The zero-order valence-electron chi connectivity index (χ0n) is 17.5. The number of hydrogen-bond acceptors (Lipinski definition) is 5. The summed E-state index contributed by atoms with van der Waals surface area (Å²) in [6.45, 7) is 5.58. The molecule has 1 saturated carbocycles. The molecule has 0 radical (unpaired) electrons. The van der Waals surface area contributed by atoms with Gasteiger partial charge in [-0.15, -0.1) is 0 Å². The summed E-state index contributed by atoms with van der Waals surface area (Å²) in [6.07, 6.45) is 1.25. The zero-order chi connectivity index (χ0) is 22.3. The lowest BCUT2D eigenvalue weighted by molar-refractivity contribution is -0.134. The topological polar surface area (TPSA) is 128 Å². The molecule has 5 N–H and O–H groups in total. The fourth-order valence-corrected chi connectivity index (χ4v) is 4.26. The highest BCUT2D eigenvalue weighted by atomic mass is 19.1. The number of nitrogens with one attached hydrogen (secondary N) is 1. The Morgan fingerprint density at radius 1 is 1.37 bits per heavy atom. The summed E-state index contributed by atoms with van der Waals surface area (Å²) >= 11 is 0. The molecular weight excluding hydrogens is 391 g/mol. The quantitative estimate of drug-likeness (QED) is 0.625. The number of ether oxygens (including phenoxy) is 1. The average Bonchev–Trinajstić information content (AvgIpc) is 3.21. The van der Waals surface area contributed by atoms with Gasteiger partial charge in [-0.2, -0.15) is 0 Å². The third kappa shape index (κ3) is 4.49. The Labute approximate surface area is 175 Å². The number of carbonyl (C=O) groups is 3. The van der Waals surface area contributed by atoms with Crippen molar-refractivity contribution in [3.8, 4) is 0 Å². The lowest BCUT2D eigenvalue weighted by atomic mass is 9.85. The molecule has 1 saturated heterocycles. The van der Waals surface area contributed by atoms with Crippen LogP contribution in [0.3, 0.4) is 0 Å². The van der Waals surface area contributed by atoms with E-state index >= 15 is 0 Å². The summed E-state index contributed by atoms with van der Waals surface area (Å²) in [5.41, 5.74) is 10.1. The van der Waals surface area contributed by atoms with Crippen molar-refractivity contribution in [2.24, 2.45) is 11.1 Å². The second-order valence-corrected chi connectivity index (χ2v) is 9.27. The van der Waals surface area contributed by atoms with Gasteiger partial charge in [-0.05, 0) is 57.7 Å². The summed E-state index contributed by atoms with van der Waals surface area (Å²) in [5, 5.41) is 2.68. The van der Waals surface area contributed by atoms with Crippen molar-refractivity contribution in [1.29, 1.82) is 0 Å². The summed E-state index contributed by atoms with van der Waals surface area (Å²) in [7, 11) is 0. The average molecular weight is 420 g/mol. The number of nitrogens with two attached hydrogens (primary N) is 2. The van der Waals surface area contributed by atoms with E-state index in [-0.39, 0.29) is 36.2 Å². The largest absolute Gasteiger partial charge is 0.444 e. The third-order valence-electron chi connectivity index (χ3n) is 5.76. The first-order chi connectivity index (χ1) is 13.9. The SMILES string of the molecule is CC(C)(C)OC(=O)N1C[C@@]2(C(=O)N[C@@H](Cc3ccc(N)cc3F)C(N)=O)CC[C@@H]1C2. The van der Waals surface area contributed by atoms with Crippen LogP contribution in [0, 0.1) is 11.2 Å². The normalized spacial score (nSPS) is 23.9. The number of amides is 3. The minimum Gasteiger partial charge on any atom is -0.444 e. The summed E-state index contributed by atoms with van der Waals surface area (Å²) < 4.78 is 19.6. The minimum absolute atomic E-state index is 0.0767. The Morgan fingerprint density at radius 2 is 2.07 bits per heavy atom. The van der Waals surface area contributed by atoms with Gasteiger partial charge in [0.1, 0.15) is 17.5 Å². The van der Waals surface area contributed by atoms with Gasteiger partial charge in [-0.3, -0.25) is 9.59 Å². The molecule has 164 valence electrons. The van der Waals surface area contributed by atoms with Crippen molar-refractivity contribution in [1.82, 2.24) is 10.2 Å². The van der Waals surface area contributed by atoms with Crippen molar-refractivity contribution < 1.29 is 23.5 Å². The third-order valence-corrected chi connectivity index (χ3v) is 5.76. The number of piperidine rings is 1. The number of hydrogen-bond donors (Lipinski definition) is 3. The monoisotopic (exact) mass is 420 g/mol. The van der Waals surface area contributed by atoms with Gasteiger partial charge < -0.3 is 26.4 Å². The van der Waals surface area contributed by atoms with E-state index in [0.29, 0.717) is 19.3 Å². The van der Waals surface area contributed by atoms with Crippen molar-refractivity contribution in [3.63, 3.8) is 0 Å². The van der Waals surface area contributed by atoms with Gasteiger partial charge in [0.2, 0.25) is 11.8 Å². The van der Waals surface area contributed by atoms with Crippen LogP contribution in [0.2, 0.25) is 0 Å². The van der Waals surface area contributed by atoms with Crippen LogP contribution >= 0.6 is 0 Å². The molecule has 8 nitrogen and oxygen atoms in total. The lowest BCUT2D eigenvalue weighted by Crippen LogP contribution is -2.53. The zero-order valence-corrected chi connectivity index (χ0v) is 17.5. The van der Waals surface area contributed by atoms with Crippen LogP contribution in [0.5, 0.6) is 0 Å². The van der Waals surface area contributed by atoms with E-state index in [1.165, 1.54) is 12.1 Å². The van der Waals surface area contributed by atoms with E-state index in [1.54, 1.807) is 25.7 Å². The molecule has 2 aliphatic rings. The summed E-state index contributed by atoms with van der Waals surface area (Å²) in [5.74, 6) is -1.67. The van der Waals surface area contributed by atoms with Gasteiger partial charge in [-0.1, -0.05) is 6.07 Å². The lowest BCUT2D eigenvalue weighted by Gasteiger charge is -2.33. The van der Waals surface area contributed by atoms with E-state index in [2.05, 4.69) is 5.32 Å². The van der Waals surface area contributed by atoms with Gasteiger partial charge in [-0.25, -0.2) is 9.18 Å². The van der Waals surface area contributed by atoms with Crippen LogP contribution in [0.1, 0.15) is 45.6 Å². The first-order valence-corrected chi connectivity index (χ1v) is 10.0. The van der Waals surface area contributed by atoms with Crippen LogP contribution in [-0.2, 0) is 20.7 Å². The number of nitrogens with zero attached hydrogens (tertiary/aromatic N) is 1. The van der Waals surface area contributed by atoms with Gasteiger partial charge >= 0.3 is 6.09 Å². The molecule has 1 aliphatic carbocycles. The van der Waals surface area contributed by atoms with Crippen LogP contribution in [-0.4, -0.2) is 47.0 Å². The fraction of sp³-hybridized carbons (Fsp3) is 0.571. The molecule has 2 fully saturated rings. The Morgan fingerprint density at radius 3 is 2.67 bits per heavy atom. The highest BCUT2D eigenvalue weighted by Gasteiger charge is 2.56. The van der Waals surface area contributed by atoms with Gasteiger partial charge in [0, 0.05) is 24.7 Å². The molecule has 1 aromatic carbocycles. The van der Waals surface area contributed by atoms with E-state index in [9.17, 15) is 18.8 Å². The number of fused-ring (bicyclic) bond motifs is 2. The molecular formula is C21H29FN4O4. The van der Waals surface area contributed by atoms with Gasteiger partial charge in [0.05, 0.1) is 5.41 Å². The molecule has 30 heavy (non-hydrogen) atoms. The molecule has 3 atom stereocenters. The number of carbonyl (C=O) groups excluding carboxylic acids is 3. The molecule has 1 heterocycles. The molecule has 9 heteroatoms. The minimum atomic E-state index is -1.07. The van der Waals surface area contributed by atoms with Crippen LogP contribution in [0.25, 0.3) is 0 Å². The van der Waals surface area contributed by atoms with Crippen molar-refractivity contribution >= 4 is 23.6 Å². The van der Waals surface area contributed by atoms with Crippen LogP contribution < -0.4 is 16.8 Å². The number of anilines is 1. The highest BCUT2D eigenvalue weighted by molar-refractivity contribution is 5.91. The second-order valence-electron chi connectivity index (χ2n) is 9.27. The van der Waals surface area contributed by atoms with Gasteiger partial charge in [0.25, 0.3) is 0 Å². The number of halogens is 1. The first-order valence-electron chi connectivity index (χ1n) is 10.0. The number of nitrogen functional groups attached to an aromatic ring is 1. The molecule has 3 amide bonds. The van der Waals surface area contributed by atoms with Crippen molar-refractivity contribution in [3.05, 3.63) is 29.6 Å². The molecule has 0 spiro atoms. The molecule has 0 unspecified atom stereocenters. The fourth-order valence-electron chi connectivity index (χ4n) is 4.26. The Hall–Kier alpha value is -2.84. The predicted molar refractivity (Wildman–Crippen MR) is 109 cm³/mol. The maximum atomic E-state index is 14.1. The van der Waals surface area contributed by atoms with Crippen LogP contribution in [0.4, 0.5) is 14.9 Å². The number of rotatable bonds is 5. The Bertz CT molecular complexity index is 869. The molecule has 3 rings (SSSR count). The summed E-state index contributed by atoms with van der Waals surface area (Å²) in [4.78, 5) is 39.1. The van der Waals surface area contributed by atoms with E-state index in [1.807, 2.05) is 0 Å². The second kappa shape index (κ2) is 7.77. The first kappa shape index (κ1) is 21.9. The maximum Gasteiger partial charge on any atom is 0.410 e. The molecule has 1 aromatic rings. The highest BCUT2D eigenvalue weighted by Crippen LogP contribution is 2.48. The standard InChI is InChI=1S/C21H29FN4O4/c1-20(2,3)30-19(29)26-11-21(7-6-14(26)10-21)18(28)25-16(17(24)27)8-12-4-5-13(23)9-15(12)22/h4-5,9,14,16H,6-8,10-11,23H2,1-3H3,(H2,24,27)(H,25,28)/t14-,16+,21-/m1/s1. The molecule has 2 bridgehead atoms. The molecule has 1 aliphatic heterocycles. The number of benzene rings is 1. The van der Waals surface area contributed by atoms with Crippen LogP contribution in [0.15, 0.2) is 18.2 Å². The van der Waals surface area contributed by atoms with E-state index in [0.717, 1.165) is 6.07 Å². The molecule has 0 aromatic heterocycles. The maximum absolute atomic E-state index is 14.1. The smallest absolute Gasteiger partial charge is 0.410 e. The van der Waals surface area contributed by atoms with Crippen molar-refractivity contribution in [2.45, 2.75) is 64.1 Å². The van der Waals surface area contributed by atoms with Gasteiger partial charge in [0.15, 0.2) is 0 Å². The number of primary amides is 1.